The first kappa shape index (κ1) is 13.2. The normalized spacial score (nSPS) is 25.6. The molecular weight excluding hydrogens is 232 g/mol. The molecule has 0 bridgehead atoms. The van der Waals surface area contributed by atoms with Crippen LogP contribution < -0.4 is 5.73 Å². The molecule has 0 radical (unpaired) electrons. The lowest BCUT2D eigenvalue weighted by molar-refractivity contribution is -0.142. The first-order chi connectivity index (χ1) is 7.84. The van der Waals surface area contributed by atoms with Crippen molar-refractivity contribution < 1.29 is 29.7 Å². The number of carboxylic acids is 2. The second-order valence-corrected chi connectivity index (χ2v) is 3.96. The van der Waals surface area contributed by atoms with Gasteiger partial charge in [0.15, 0.2) is 0 Å². The Bertz CT molecular complexity index is 344. The lowest BCUT2D eigenvalue weighted by Gasteiger charge is -2.26. The Labute approximate surface area is 96.6 Å². The lowest BCUT2D eigenvalue weighted by atomic mass is 10.1. The zero-order chi connectivity index (χ0) is 13.2. The highest BCUT2D eigenvalue weighted by atomic mass is 16.4. The van der Waals surface area contributed by atoms with E-state index in [1.807, 2.05) is 0 Å². The Morgan fingerprint density at radius 2 is 1.82 bits per heavy atom. The Morgan fingerprint density at radius 1 is 1.24 bits per heavy atom. The second kappa shape index (κ2) is 5.00. The van der Waals surface area contributed by atoms with Gasteiger partial charge in [-0.2, -0.15) is 0 Å². The summed E-state index contributed by atoms with van der Waals surface area (Å²) in [5.41, 5.74) is 5.31. The molecule has 1 aliphatic rings. The number of rotatable bonds is 4. The molecule has 17 heavy (non-hydrogen) atoms. The predicted octanol–water partition coefficient (Wildman–Crippen LogP) is -0.616. The average molecular weight is 246 g/mol. The van der Waals surface area contributed by atoms with Crippen LogP contribution in [0.5, 0.6) is 0 Å². The van der Waals surface area contributed by atoms with E-state index in [1.165, 1.54) is 0 Å². The fourth-order valence-electron chi connectivity index (χ4n) is 2.04. The number of hydrogen-bond acceptors (Lipinski definition) is 4. The molecule has 96 valence electrons. The second-order valence-electron chi connectivity index (χ2n) is 3.96. The quantitative estimate of drug-likeness (QED) is 0.518. The van der Waals surface area contributed by atoms with Gasteiger partial charge < -0.3 is 21.1 Å². The third kappa shape index (κ3) is 2.84. The van der Waals surface area contributed by atoms with E-state index in [2.05, 4.69) is 0 Å². The molecule has 0 aliphatic carbocycles. The summed E-state index contributed by atoms with van der Waals surface area (Å²) in [6.07, 6.45) is -0.952. The van der Waals surface area contributed by atoms with E-state index in [0.29, 0.717) is 6.42 Å². The molecule has 0 saturated carbocycles. The predicted molar refractivity (Wildman–Crippen MR) is 54.5 cm³/mol. The highest BCUT2D eigenvalue weighted by Crippen LogP contribution is 2.27. The van der Waals surface area contributed by atoms with Crippen LogP contribution in [0.4, 0.5) is 4.79 Å². The minimum Gasteiger partial charge on any atom is -0.480 e. The van der Waals surface area contributed by atoms with Crippen molar-refractivity contribution in [3.05, 3.63) is 0 Å². The van der Waals surface area contributed by atoms with E-state index in [4.69, 9.17) is 21.1 Å². The van der Waals surface area contributed by atoms with E-state index in [1.54, 1.807) is 0 Å². The number of carboxylic acid groups (broad SMARTS) is 3. The summed E-state index contributed by atoms with van der Waals surface area (Å²) in [7, 11) is 0. The van der Waals surface area contributed by atoms with E-state index >= 15 is 0 Å². The fraction of sp³-hybridized carbons (Fsp3) is 0.667. The average Bonchev–Trinajstić information content (AvgIpc) is 2.61. The minimum atomic E-state index is -1.36. The summed E-state index contributed by atoms with van der Waals surface area (Å²) in [5, 5.41) is 26.4. The summed E-state index contributed by atoms with van der Waals surface area (Å²) in [5.74, 6) is -2.45. The van der Waals surface area contributed by atoms with Crippen LogP contribution in [0.2, 0.25) is 0 Å². The monoisotopic (exact) mass is 246 g/mol. The van der Waals surface area contributed by atoms with Crippen LogP contribution in [-0.4, -0.2) is 56.4 Å². The van der Waals surface area contributed by atoms with E-state index in [0.717, 1.165) is 4.90 Å². The number of amides is 1. The van der Waals surface area contributed by atoms with E-state index < -0.39 is 36.2 Å². The van der Waals surface area contributed by atoms with Crippen LogP contribution in [0.3, 0.4) is 0 Å². The molecule has 3 atom stereocenters. The molecule has 1 aliphatic heterocycles. The maximum absolute atomic E-state index is 11.0. The van der Waals surface area contributed by atoms with Gasteiger partial charge in [0.25, 0.3) is 0 Å². The lowest BCUT2D eigenvalue weighted by Crippen LogP contribution is -2.47. The van der Waals surface area contributed by atoms with E-state index in [-0.39, 0.29) is 12.8 Å². The van der Waals surface area contributed by atoms with Crippen molar-refractivity contribution in [1.29, 1.82) is 0 Å². The maximum atomic E-state index is 11.0. The van der Waals surface area contributed by atoms with Crippen molar-refractivity contribution in [2.75, 3.05) is 0 Å². The third-order valence-corrected chi connectivity index (χ3v) is 2.85. The largest absolute Gasteiger partial charge is 0.480 e. The molecule has 1 amide bonds. The van der Waals surface area contributed by atoms with Gasteiger partial charge in [0.2, 0.25) is 0 Å². The van der Waals surface area contributed by atoms with Crippen LogP contribution in [0.1, 0.15) is 19.3 Å². The van der Waals surface area contributed by atoms with Crippen molar-refractivity contribution in [3.8, 4) is 0 Å². The van der Waals surface area contributed by atoms with Gasteiger partial charge in [-0.1, -0.05) is 0 Å². The van der Waals surface area contributed by atoms with Gasteiger partial charge in [-0.25, -0.2) is 9.59 Å². The van der Waals surface area contributed by atoms with Crippen molar-refractivity contribution >= 4 is 18.0 Å². The molecule has 1 saturated heterocycles. The number of nitrogens with zero attached hydrogens (tertiary/aromatic N) is 1. The summed E-state index contributed by atoms with van der Waals surface area (Å²) in [6.45, 7) is 0. The Morgan fingerprint density at radius 3 is 2.24 bits per heavy atom. The van der Waals surface area contributed by atoms with Crippen molar-refractivity contribution in [1.82, 2.24) is 4.90 Å². The number of carbonyl (C=O) groups is 3. The van der Waals surface area contributed by atoms with Crippen molar-refractivity contribution in [2.24, 2.45) is 5.73 Å². The standard InChI is InChI=1S/C9H14N2O6/c10-5(7(12)13)3-4-1-2-6(8(14)15)11(4)9(16)17/h4-6H,1-3,10H2,(H,12,13)(H,14,15)(H,16,17)/t4-,5?,6-/m0/s1. The first-order valence-electron chi connectivity index (χ1n) is 5.07. The number of hydrogen-bond donors (Lipinski definition) is 4. The summed E-state index contributed by atoms with van der Waals surface area (Å²) < 4.78 is 0. The van der Waals surface area contributed by atoms with Gasteiger partial charge in [-0.15, -0.1) is 0 Å². The molecule has 1 rings (SSSR count). The summed E-state index contributed by atoms with van der Waals surface area (Å²) in [4.78, 5) is 33.1. The highest BCUT2D eigenvalue weighted by molar-refractivity contribution is 5.80. The molecular formula is C9H14N2O6. The SMILES string of the molecule is NC(C[C@@H]1CC[C@@H](C(=O)O)N1C(=O)O)C(=O)O. The number of nitrogens with two attached hydrogens (primary N) is 1. The molecule has 8 nitrogen and oxygen atoms in total. The van der Waals surface area contributed by atoms with Gasteiger partial charge in [-0.3, -0.25) is 9.69 Å². The Hall–Kier alpha value is -1.83. The molecule has 0 aromatic heterocycles. The third-order valence-electron chi connectivity index (χ3n) is 2.85. The van der Waals surface area contributed by atoms with Crippen LogP contribution in [-0.2, 0) is 9.59 Å². The molecule has 1 heterocycles. The number of likely N-dealkylation sites (tertiary alicyclic amines) is 1. The molecule has 0 spiro atoms. The van der Waals surface area contributed by atoms with Crippen LogP contribution in [0, 0.1) is 0 Å². The smallest absolute Gasteiger partial charge is 0.408 e. The van der Waals surface area contributed by atoms with Gasteiger partial charge in [0, 0.05) is 6.04 Å². The van der Waals surface area contributed by atoms with Gasteiger partial charge in [-0.05, 0) is 19.3 Å². The molecule has 1 fully saturated rings. The zero-order valence-electron chi connectivity index (χ0n) is 8.94. The Kier molecular flexibility index (Phi) is 3.89. The topological polar surface area (TPSA) is 141 Å². The highest BCUT2D eigenvalue weighted by Gasteiger charge is 2.42. The summed E-state index contributed by atoms with van der Waals surface area (Å²) in [6, 6.07) is -2.95. The van der Waals surface area contributed by atoms with Gasteiger partial charge in [0.1, 0.15) is 12.1 Å². The van der Waals surface area contributed by atoms with Gasteiger partial charge >= 0.3 is 18.0 Å². The Balaban J connectivity index is 2.76. The minimum absolute atomic E-state index is 0.0780. The first-order valence-corrected chi connectivity index (χ1v) is 5.07. The van der Waals surface area contributed by atoms with Gasteiger partial charge in [0.05, 0.1) is 0 Å². The molecule has 0 aromatic carbocycles. The number of aliphatic carboxylic acids is 2. The van der Waals surface area contributed by atoms with E-state index in [9.17, 15) is 14.4 Å². The molecule has 5 N–H and O–H groups in total. The van der Waals surface area contributed by atoms with Crippen LogP contribution in [0.15, 0.2) is 0 Å². The van der Waals surface area contributed by atoms with Crippen LogP contribution in [0.25, 0.3) is 0 Å². The molecule has 1 unspecified atom stereocenters. The van der Waals surface area contributed by atoms with Crippen LogP contribution >= 0.6 is 0 Å². The maximum Gasteiger partial charge on any atom is 0.408 e. The summed E-state index contributed by atoms with van der Waals surface area (Å²) >= 11 is 0. The zero-order valence-corrected chi connectivity index (χ0v) is 8.94. The molecule has 0 aromatic rings. The fourth-order valence-corrected chi connectivity index (χ4v) is 2.04. The van der Waals surface area contributed by atoms with Crippen molar-refractivity contribution in [2.45, 2.75) is 37.4 Å². The van der Waals surface area contributed by atoms with Crippen molar-refractivity contribution in [3.63, 3.8) is 0 Å². The molecule has 8 heteroatoms.